The van der Waals surface area contributed by atoms with Crippen LogP contribution in [0.4, 0.5) is 4.79 Å². The molecule has 0 saturated carbocycles. The number of benzene rings is 1. The third-order valence-electron chi connectivity index (χ3n) is 4.50. The van der Waals surface area contributed by atoms with Gasteiger partial charge in [0.25, 0.3) is 5.91 Å². The number of likely N-dealkylation sites (N-methyl/N-ethyl adjacent to an activating group) is 3. The normalized spacial score (nSPS) is 17.2. The van der Waals surface area contributed by atoms with Crippen LogP contribution in [0.3, 0.4) is 0 Å². The van der Waals surface area contributed by atoms with Crippen molar-refractivity contribution in [1.82, 2.24) is 14.7 Å². The van der Waals surface area contributed by atoms with Crippen LogP contribution in [0.25, 0.3) is 0 Å². The molecular formula is C18H25N3O4. The summed E-state index contributed by atoms with van der Waals surface area (Å²) >= 11 is 0. The molecule has 4 amide bonds. The molecule has 1 aliphatic heterocycles. The third-order valence-corrected chi connectivity index (χ3v) is 4.50. The average Bonchev–Trinajstić information content (AvgIpc) is 2.79. The standard InChI is InChI=1S/C18H25N3O4/c1-5-13-8-6-7-9-15(13)25-11-10-19(2)16(22)12-14-17(23)21(4)18(24)20(14)3/h6-9,14H,5,10-12H2,1-4H3/t14-/m0/s1. The fourth-order valence-electron chi connectivity index (χ4n) is 2.75. The van der Waals surface area contributed by atoms with Gasteiger partial charge in [0.1, 0.15) is 18.4 Å². The van der Waals surface area contributed by atoms with Crippen LogP contribution in [0.5, 0.6) is 5.75 Å². The van der Waals surface area contributed by atoms with E-state index < -0.39 is 6.04 Å². The van der Waals surface area contributed by atoms with Gasteiger partial charge in [-0.15, -0.1) is 0 Å². The minimum Gasteiger partial charge on any atom is -0.491 e. The van der Waals surface area contributed by atoms with E-state index in [0.717, 1.165) is 22.6 Å². The van der Waals surface area contributed by atoms with Crippen LogP contribution in [0.15, 0.2) is 24.3 Å². The number of carbonyl (C=O) groups is 3. The molecule has 1 heterocycles. The van der Waals surface area contributed by atoms with Crippen molar-refractivity contribution in [2.75, 3.05) is 34.3 Å². The molecule has 1 aromatic carbocycles. The summed E-state index contributed by atoms with van der Waals surface area (Å²) in [5, 5.41) is 0. The first kappa shape index (κ1) is 18.8. The van der Waals surface area contributed by atoms with Crippen LogP contribution in [-0.4, -0.2) is 72.9 Å². The molecular weight excluding hydrogens is 322 g/mol. The van der Waals surface area contributed by atoms with Gasteiger partial charge in [0.15, 0.2) is 0 Å². The highest BCUT2D eigenvalue weighted by Gasteiger charge is 2.42. The zero-order valence-corrected chi connectivity index (χ0v) is 15.2. The molecule has 1 atom stereocenters. The largest absolute Gasteiger partial charge is 0.491 e. The van der Waals surface area contributed by atoms with E-state index in [1.54, 1.807) is 7.05 Å². The van der Waals surface area contributed by atoms with Crippen molar-refractivity contribution in [3.8, 4) is 5.75 Å². The van der Waals surface area contributed by atoms with E-state index in [1.165, 1.54) is 23.9 Å². The van der Waals surface area contributed by atoms with Crippen molar-refractivity contribution in [2.45, 2.75) is 25.8 Å². The van der Waals surface area contributed by atoms with Crippen molar-refractivity contribution in [2.24, 2.45) is 0 Å². The van der Waals surface area contributed by atoms with Crippen LogP contribution in [0, 0.1) is 0 Å². The molecule has 0 spiro atoms. The van der Waals surface area contributed by atoms with E-state index in [-0.39, 0.29) is 24.3 Å². The SMILES string of the molecule is CCc1ccccc1OCCN(C)C(=O)C[C@H]1C(=O)N(C)C(=O)N1C. The first-order valence-corrected chi connectivity index (χ1v) is 8.35. The van der Waals surface area contributed by atoms with Crippen LogP contribution < -0.4 is 4.74 Å². The van der Waals surface area contributed by atoms with Crippen molar-refractivity contribution in [3.63, 3.8) is 0 Å². The highest BCUT2D eigenvalue weighted by Crippen LogP contribution is 2.19. The summed E-state index contributed by atoms with van der Waals surface area (Å²) in [5.74, 6) is 0.284. The van der Waals surface area contributed by atoms with E-state index in [4.69, 9.17) is 4.74 Å². The maximum Gasteiger partial charge on any atom is 0.326 e. The molecule has 7 nitrogen and oxygen atoms in total. The molecule has 1 fully saturated rings. The van der Waals surface area contributed by atoms with Gasteiger partial charge in [-0.1, -0.05) is 25.1 Å². The number of urea groups is 1. The molecule has 0 N–H and O–H groups in total. The molecule has 1 aromatic rings. The van der Waals surface area contributed by atoms with Gasteiger partial charge in [-0.05, 0) is 18.1 Å². The fraction of sp³-hybridized carbons (Fsp3) is 0.500. The smallest absolute Gasteiger partial charge is 0.326 e. The summed E-state index contributed by atoms with van der Waals surface area (Å²) in [4.78, 5) is 40.0. The number of hydrogen-bond acceptors (Lipinski definition) is 4. The number of amides is 4. The molecule has 0 bridgehead atoms. The van der Waals surface area contributed by atoms with Gasteiger partial charge in [-0.25, -0.2) is 4.79 Å². The summed E-state index contributed by atoms with van der Waals surface area (Å²) in [6.45, 7) is 2.84. The van der Waals surface area contributed by atoms with Crippen LogP contribution in [-0.2, 0) is 16.0 Å². The summed E-state index contributed by atoms with van der Waals surface area (Å²) in [5.41, 5.74) is 1.12. The summed E-state index contributed by atoms with van der Waals surface area (Å²) < 4.78 is 5.76. The third kappa shape index (κ3) is 4.10. The Morgan fingerprint density at radius 1 is 1.24 bits per heavy atom. The Morgan fingerprint density at radius 2 is 1.92 bits per heavy atom. The predicted octanol–water partition coefficient (Wildman–Crippen LogP) is 1.37. The van der Waals surface area contributed by atoms with Gasteiger partial charge in [0.05, 0.1) is 13.0 Å². The quantitative estimate of drug-likeness (QED) is 0.699. The Bertz CT molecular complexity index is 661. The number of aryl methyl sites for hydroxylation is 1. The number of ether oxygens (including phenoxy) is 1. The zero-order chi connectivity index (χ0) is 18.6. The summed E-state index contributed by atoms with van der Waals surface area (Å²) in [7, 11) is 4.63. The van der Waals surface area contributed by atoms with Gasteiger partial charge in [0, 0.05) is 21.1 Å². The number of nitrogens with zero attached hydrogens (tertiary/aromatic N) is 3. The molecule has 25 heavy (non-hydrogen) atoms. The van der Waals surface area contributed by atoms with Crippen LogP contribution in [0.2, 0.25) is 0 Å². The Kier molecular flexibility index (Phi) is 6.01. The first-order chi connectivity index (χ1) is 11.9. The van der Waals surface area contributed by atoms with Gasteiger partial charge >= 0.3 is 6.03 Å². The zero-order valence-electron chi connectivity index (χ0n) is 15.2. The second kappa shape index (κ2) is 8.00. The fourth-order valence-corrected chi connectivity index (χ4v) is 2.75. The molecule has 0 radical (unpaired) electrons. The topological polar surface area (TPSA) is 70.2 Å². The van der Waals surface area contributed by atoms with E-state index in [1.807, 2.05) is 24.3 Å². The van der Waals surface area contributed by atoms with Crippen LogP contribution in [0.1, 0.15) is 18.9 Å². The Hall–Kier alpha value is -2.57. The number of imide groups is 1. The molecule has 7 heteroatoms. The van der Waals surface area contributed by atoms with Gasteiger partial charge in [-0.3, -0.25) is 14.5 Å². The van der Waals surface area contributed by atoms with Crippen LogP contribution >= 0.6 is 0 Å². The lowest BCUT2D eigenvalue weighted by Gasteiger charge is -2.21. The number of hydrogen-bond donors (Lipinski definition) is 0. The summed E-state index contributed by atoms with van der Waals surface area (Å²) in [6, 6.07) is 6.69. The van der Waals surface area contributed by atoms with Crippen molar-refractivity contribution in [3.05, 3.63) is 29.8 Å². The molecule has 0 aromatic heterocycles. The second-order valence-electron chi connectivity index (χ2n) is 6.14. The lowest BCUT2D eigenvalue weighted by atomic mass is 10.1. The van der Waals surface area contributed by atoms with Gasteiger partial charge in [-0.2, -0.15) is 0 Å². The highest BCUT2D eigenvalue weighted by atomic mass is 16.5. The monoisotopic (exact) mass is 347 g/mol. The first-order valence-electron chi connectivity index (χ1n) is 8.35. The maximum atomic E-state index is 12.3. The highest BCUT2D eigenvalue weighted by molar-refractivity contribution is 6.05. The molecule has 1 aliphatic rings. The van der Waals surface area contributed by atoms with E-state index in [9.17, 15) is 14.4 Å². The number of para-hydroxylation sites is 1. The second-order valence-corrected chi connectivity index (χ2v) is 6.14. The average molecular weight is 347 g/mol. The maximum absolute atomic E-state index is 12.3. The van der Waals surface area contributed by atoms with Crippen molar-refractivity contribution >= 4 is 17.8 Å². The minimum absolute atomic E-state index is 0.0204. The number of carbonyl (C=O) groups excluding carboxylic acids is 3. The Balaban J connectivity index is 1.84. The molecule has 2 rings (SSSR count). The van der Waals surface area contributed by atoms with E-state index in [0.29, 0.717) is 13.2 Å². The van der Waals surface area contributed by atoms with Gasteiger partial charge in [0.2, 0.25) is 5.91 Å². The Labute approximate surface area is 148 Å². The summed E-state index contributed by atoms with van der Waals surface area (Å²) in [6.07, 6.45) is 0.857. The van der Waals surface area contributed by atoms with E-state index >= 15 is 0 Å². The van der Waals surface area contributed by atoms with Crippen molar-refractivity contribution < 1.29 is 19.1 Å². The Morgan fingerprint density at radius 3 is 2.52 bits per heavy atom. The molecule has 1 saturated heterocycles. The lowest BCUT2D eigenvalue weighted by Crippen LogP contribution is -2.39. The number of rotatable bonds is 7. The molecule has 0 unspecified atom stereocenters. The minimum atomic E-state index is -0.728. The van der Waals surface area contributed by atoms with Crippen molar-refractivity contribution in [1.29, 1.82) is 0 Å². The molecule has 0 aliphatic carbocycles. The van der Waals surface area contributed by atoms with E-state index in [2.05, 4.69) is 6.92 Å². The molecule has 136 valence electrons. The predicted molar refractivity (Wildman–Crippen MR) is 93.3 cm³/mol. The lowest BCUT2D eigenvalue weighted by molar-refractivity contribution is -0.135. The van der Waals surface area contributed by atoms with Gasteiger partial charge < -0.3 is 14.5 Å².